The topological polar surface area (TPSA) is 29.0 Å². The second-order valence-electron chi connectivity index (χ2n) is 3.05. The van der Waals surface area contributed by atoms with Crippen LogP contribution in [0.3, 0.4) is 0 Å². The third-order valence-corrected chi connectivity index (χ3v) is 2.69. The Morgan fingerprint density at radius 1 is 1.73 bits per heavy atom. The Bertz CT molecular complexity index is 218. The molecule has 1 aromatic heterocycles. The average Bonchev–Trinajstić information content (AvgIpc) is 2.67. The molecule has 1 aliphatic rings. The molecule has 1 fully saturated rings. The molecule has 3 nitrogen and oxygen atoms in total. The first-order valence-corrected chi connectivity index (χ1v) is 4.61. The summed E-state index contributed by atoms with van der Waals surface area (Å²) in [6, 6.07) is 0. The predicted molar refractivity (Wildman–Crippen MR) is 45.9 cm³/mol. The van der Waals surface area contributed by atoms with Gasteiger partial charge in [0, 0.05) is 25.1 Å². The van der Waals surface area contributed by atoms with Crippen molar-refractivity contribution in [3.05, 3.63) is 6.33 Å². The van der Waals surface area contributed by atoms with Crippen molar-refractivity contribution in [2.24, 2.45) is 5.92 Å². The molecule has 1 heterocycles. The second-order valence-corrected chi connectivity index (χ2v) is 3.81. The molecule has 0 radical (unpaired) electrons. The number of rotatable bonds is 3. The van der Waals surface area contributed by atoms with E-state index in [2.05, 4.69) is 21.3 Å². The monoisotopic (exact) mass is 169 g/mol. The molecule has 1 saturated carbocycles. The van der Waals surface area contributed by atoms with Crippen LogP contribution in [0, 0.1) is 5.92 Å². The maximum Gasteiger partial charge on any atom is 0.204 e. The summed E-state index contributed by atoms with van der Waals surface area (Å²) < 4.78 is 3.96. The zero-order chi connectivity index (χ0) is 7.68. The third-order valence-electron chi connectivity index (χ3n) is 1.91. The molecule has 4 heteroatoms. The highest BCUT2D eigenvalue weighted by Gasteiger charge is 2.23. The molecule has 2 rings (SSSR count). The van der Waals surface area contributed by atoms with Crippen LogP contribution < -0.4 is 4.90 Å². The van der Waals surface area contributed by atoms with Gasteiger partial charge in [-0.25, -0.2) is 4.98 Å². The summed E-state index contributed by atoms with van der Waals surface area (Å²) in [6.07, 6.45) is 4.40. The standard InChI is InChI=1S/C7H11N3S/c1-10(4-6-2-3-6)7-8-5-9-11-7/h5-6H,2-4H2,1H3. The molecule has 0 atom stereocenters. The lowest BCUT2D eigenvalue weighted by Gasteiger charge is -2.13. The third kappa shape index (κ3) is 1.68. The molecule has 1 aromatic rings. The lowest BCUT2D eigenvalue weighted by atomic mass is 10.4. The van der Waals surface area contributed by atoms with Gasteiger partial charge in [-0.15, -0.1) is 0 Å². The first kappa shape index (κ1) is 7.03. The minimum Gasteiger partial charge on any atom is -0.350 e. The van der Waals surface area contributed by atoms with Gasteiger partial charge in [0.2, 0.25) is 5.13 Å². The smallest absolute Gasteiger partial charge is 0.204 e. The van der Waals surface area contributed by atoms with E-state index in [1.54, 1.807) is 6.33 Å². The van der Waals surface area contributed by atoms with Gasteiger partial charge in [0.25, 0.3) is 0 Å². The Hall–Kier alpha value is -0.640. The number of hydrogen-bond acceptors (Lipinski definition) is 4. The van der Waals surface area contributed by atoms with E-state index in [4.69, 9.17) is 0 Å². The van der Waals surface area contributed by atoms with Gasteiger partial charge in [-0.3, -0.25) is 0 Å². The molecule has 0 bridgehead atoms. The van der Waals surface area contributed by atoms with E-state index in [0.717, 1.165) is 17.6 Å². The fraction of sp³-hybridized carbons (Fsp3) is 0.714. The van der Waals surface area contributed by atoms with Gasteiger partial charge in [-0.2, -0.15) is 4.37 Å². The average molecular weight is 169 g/mol. The highest BCUT2D eigenvalue weighted by molar-refractivity contribution is 7.09. The second kappa shape index (κ2) is 2.77. The van der Waals surface area contributed by atoms with E-state index in [0.29, 0.717) is 0 Å². The zero-order valence-electron chi connectivity index (χ0n) is 6.53. The van der Waals surface area contributed by atoms with Crippen molar-refractivity contribution in [1.29, 1.82) is 0 Å². The largest absolute Gasteiger partial charge is 0.350 e. The Morgan fingerprint density at radius 3 is 3.09 bits per heavy atom. The van der Waals surface area contributed by atoms with E-state index in [9.17, 15) is 0 Å². The summed E-state index contributed by atoms with van der Waals surface area (Å²) in [6.45, 7) is 1.15. The van der Waals surface area contributed by atoms with Crippen molar-refractivity contribution < 1.29 is 0 Å². The van der Waals surface area contributed by atoms with Crippen molar-refractivity contribution >= 4 is 16.7 Å². The van der Waals surface area contributed by atoms with E-state index >= 15 is 0 Å². The predicted octanol–water partition coefficient (Wildman–Crippen LogP) is 1.38. The van der Waals surface area contributed by atoms with Gasteiger partial charge >= 0.3 is 0 Å². The fourth-order valence-electron chi connectivity index (χ4n) is 1.10. The highest BCUT2D eigenvalue weighted by atomic mass is 32.1. The van der Waals surface area contributed by atoms with Crippen molar-refractivity contribution in [3.8, 4) is 0 Å². The van der Waals surface area contributed by atoms with Gasteiger partial charge in [-0.1, -0.05) is 0 Å². The van der Waals surface area contributed by atoms with Crippen LogP contribution in [0.2, 0.25) is 0 Å². The maximum absolute atomic E-state index is 4.13. The molecular formula is C7H11N3S. The number of aromatic nitrogens is 2. The first-order valence-electron chi connectivity index (χ1n) is 3.84. The summed E-state index contributed by atoms with van der Waals surface area (Å²) in [7, 11) is 2.08. The van der Waals surface area contributed by atoms with Crippen molar-refractivity contribution in [1.82, 2.24) is 9.36 Å². The Morgan fingerprint density at radius 2 is 2.55 bits per heavy atom. The van der Waals surface area contributed by atoms with Crippen molar-refractivity contribution in [2.75, 3.05) is 18.5 Å². The molecule has 0 N–H and O–H groups in total. The summed E-state index contributed by atoms with van der Waals surface area (Å²) in [4.78, 5) is 6.32. The van der Waals surface area contributed by atoms with E-state index in [1.165, 1.54) is 24.4 Å². The van der Waals surface area contributed by atoms with E-state index < -0.39 is 0 Å². The fourth-order valence-corrected chi connectivity index (χ4v) is 1.60. The van der Waals surface area contributed by atoms with Crippen molar-refractivity contribution in [2.45, 2.75) is 12.8 Å². The summed E-state index contributed by atoms with van der Waals surface area (Å²) >= 11 is 1.47. The Balaban J connectivity index is 1.93. The molecule has 0 aromatic carbocycles. The molecule has 11 heavy (non-hydrogen) atoms. The molecule has 0 amide bonds. The molecule has 0 unspecified atom stereocenters. The Kier molecular flexibility index (Phi) is 1.77. The van der Waals surface area contributed by atoms with Crippen LogP contribution in [0.1, 0.15) is 12.8 Å². The Labute approximate surface area is 70.2 Å². The lowest BCUT2D eigenvalue weighted by Crippen LogP contribution is -2.19. The minimum atomic E-state index is 0.920. The zero-order valence-corrected chi connectivity index (χ0v) is 7.34. The summed E-state index contributed by atoms with van der Waals surface area (Å²) in [5.74, 6) is 0.920. The van der Waals surface area contributed by atoms with E-state index in [1.807, 2.05) is 0 Å². The molecule has 60 valence electrons. The SMILES string of the molecule is CN(CC1CC1)c1ncns1. The van der Waals surface area contributed by atoms with Gasteiger partial charge in [0.15, 0.2) is 0 Å². The maximum atomic E-state index is 4.13. The van der Waals surface area contributed by atoms with Crippen LogP contribution in [0.25, 0.3) is 0 Å². The van der Waals surface area contributed by atoms with E-state index in [-0.39, 0.29) is 0 Å². The molecule has 0 spiro atoms. The van der Waals surface area contributed by atoms with Crippen LogP contribution in [-0.4, -0.2) is 22.9 Å². The van der Waals surface area contributed by atoms with Gasteiger partial charge < -0.3 is 4.90 Å². The van der Waals surface area contributed by atoms with Crippen LogP contribution in [0.15, 0.2) is 6.33 Å². The van der Waals surface area contributed by atoms with Gasteiger partial charge in [-0.05, 0) is 18.8 Å². The molecule has 0 saturated heterocycles. The van der Waals surface area contributed by atoms with Gasteiger partial charge in [0.05, 0.1) is 0 Å². The van der Waals surface area contributed by atoms with Crippen LogP contribution in [0.5, 0.6) is 0 Å². The molecular weight excluding hydrogens is 158 g/mol. The summed E-state index contributed by atoms with van der Waals surface area (Å²) in [5.41, 5.74) is 0. The van der Waals surface area contributed by atoms with Gasteiger partial charge in [0.1, 0.15) is 6.33 Å². The summed E-state index contributed by atoms with van der Waals surface area (Å²) in [5, 5.41) is 1.04. The van der Waals surface area contributed by atoms with Crippen LogP contribution in [-0.2, 0) is 0 Å². The minimum absolute atomic E-state index is 0.920. The molecule has 1 aliphatic carbocycles. The van der Waals surface area contributed by atoms with Crippen LogP contribution in [0.4, 0.5) is 5.13 Å². The number of anilines is 1. The highest BCUT2D eigenvalue weighted by Crippen LogP contribution is 2.30. The van der Waals surface area contributed by atoms with Crippen molar-refractivity contribution in [3.63, 3.8) is 0 Å². The number of nitrogens with zero attached hydrogens (tertiary/aromatic N) is 3. The molecule has 0 aliphatic heterocycles. The quantitative estimate of drug-likeness (QED) is 0.684. The lowest BCUT2D eigenvalue weighted by molar-refractivity contribution is 0.784. The first-order chi connectivity index (χ1) is 5.36. The van der Waals surface area contributed by atoms with Crippen LogP contribution >= 0.6 is 11.5 Å². The normalized spacial score (nSPS) is 16.8. The number of hydrogen-bond donors (Lipinski definition) is 0.